The second kappa shape index (κ2) is 7.98. The highest BCUT2D eigenvalue weighted by Gasteiger charge is 2.05. The van der Waals surface area contributed by atoms with Gasteiger partial charge in [-0.05, 0) is 36.8 Å². The summed E-state index contributed by atoms with van der Waals surface area (Å²) in [7, 11) is 0. The van der Waals surface area contributed by atoms with Gasteiger partial charge < -0.3 is 4.74 Å². The molecule has 1 atom stereocenters. The van der Waals surface area contributed by atoms with Crippen LogP contribution in [0.15, 0.2) is 59.7 Å². The smallest absolute Gasteiger partial charge is 0.271 e. The fourth-order valence-corrected chi connectivity index (χ4v) is 1.98. The number of amides is 1. The van der Waals surface area contributed by atoms with E-state index >= 15 is 0 Å². The molecule has 0 spiro atoms. The third kappa shape index (κ3) is 4.45. The highest BCUT2D eigenvalue weighted by atomic mass is 16.5. The molecule has 1 N–H and O–H groups in total. The van der Waals surface area contributed by atoms with Crippen LogP contribution in [0, 0.1) is 0 Å². The number of carbonyl (C=O) groups is 1. The van der Waals surface area contributed by atoms with E-state index in [-0.39, 0.29) is 11.8 Å². The monoisotopic (exact) mass is 296 g/mol. The summed E-state index contributed by atoms with van der Waals surface area (Å²) in [5.74, 6) is 0.654. The van der Waals surface area contributed by atoms with Gasteiger partial charge in [0.2, 0.25) is 0 Å². The molecule has 0 heterocycles. The van der Waals surface area contributed by atoms with Crippen molar-refractivity contribution in [1.29, 1.82) is 0 Å². The molecule has 114 valence electrons. The standard InChI is InChI=1S/C18H20N2O2/c1-3-22-17-11-9-16(10-12-17)18(21)20-19-13-14(2)15-7-5-4-6-8-15/h4-14H,3H2,1-2H3,(H,20,21). The summed E-state index contributed by atoms with van der Waals surface area (Å²) in [6.45, 7) is 4.55. The predicted octanol–water partition coefficient (Wildman–Crippen LogP) is 3.60. The van der Waals surface area contributed by atoms with Crippen LogP contribution in [0.1, 0.15) is 35.7 Å². The number of nitrogens with zero attached hydrogens (tertiary/aromatic N) is 1. The first-order valence-corrected chi connectivity index (χ1v) is 7.32. The van der Waals surface area contributed by atoms with Crippen molar-refractivity contribution in [2.24, 2.45) is 5.10 Å². The van der Waals surface area contributed by atoms with Crippen molar-refractivity contribution in [1.82, 2.24) is 5.43 Å². The van der Waals surface area contributed by atoms with Gasteiger partial charge >= 0.3 is 0 Å². The van der Waals surface area contributed by atoms with Crippen LogP contribution in [0.2, 0.25) is 0 Å². The molecule has 4 nitrogen and oxygen atoms in total. The first kappa shape index (κ1) is 15.8. The van der Waals surface area contributed by atoms with Crippen LogP contribution in [0.4, 0.5) is 0 Å². The van der Waals surface area contributed by atoms with Crippen molar-refractivity contribution >= 4 is 12.1 Å². The zero-order valence-corrected chi connectivity index (χ0v) is 12.8. The summed E-state index contributed by atoms with van der Waals surface area (Å²) in [6, 6.07) is 17.0. The van der Waals surface area contributed by atoms with Gasteiger partial charge in [0.25, 0.3) is 5.91 Å². The quantitative estimate of drug-likeness (QED) is 0.654. The molecule has 2 rings (SSSR count). The van der Waals surface area contributed by atoms with Gasteiger partial charge in [0.15, 0.2) is 0 Å². The maximum atomic E-state index is 12.0. The molecule has 0 aliphatic carbocycles. The van der Waals surface area contributed by atoms with Crippen LogP contribution in [-0.2, 0) is 0 Å². The second-order valence-corrected chi connectivity index (χ2v) is 4.88. The largest absolute Gasteiger partial charge is 0.494 e. The van der Waals surface area contributed by atoms with Crippen molar-refractivity contribution in [2.45, 2.75) is 19.8 Å². The van der Waals surface area contributed by atoms with Crippen LogP contribution in [0.3, 0.4) is 0 Å². The number of ether oxygens (including phenoxy) is 1. The third-order valence-electron chi connectivity index (χ3n) is 3.22. The van der Waals surface area contributed by atoms with Gasteiger partial charge in [-0.25, -0.2) is 5.43 Å². The topological polar surface area (TPSA) is 50.7 Å². The van der Waals surface area contributed by atoms with E-state index in [0.29, 0.717) is 12.2 Å². The highest BCUT2D eigenvalue weighted by molar-refractivity contribution is 5.94. The molecular weight excluding hydrogens is 276 g/mol. The summed E-state index contributed by atoms with van der Waals surface area (Å²) < 4.78 is 5.34. The minimum absolute atomic E-state index is 0.141. The van der Waals surface area contributed by atoms with Gasteiger partial charge in [-0.3, -0.25) is 4.79 Å². The minimum atomic E-state index is -0.237. The van der Waals surface area contributed by atoms with Crippen LogP contribution >= 0.6 is 0 Å². The molecule has 2 aromatic rings. The number of hydrogen-bond donors (Lipinski definition) is 1. The minimum Gasteiger partial charge on any atom is -0.494 e. The van der Waals surface area contributed by atoms with Crippen LogP contribution in [-0.4, -0.2) is 18.7 Å². The van der Waals surface area contributed by atoms with Gasteiger partial charge in [-0.1, -0.05) is 37.3 Å². The SMILES string of the molecule is CCOc1ccc(C(=O)NN=CC(C)c2ccccc2)cc1. The van der Waals surface area contributed by atoms with E-state index in [0.717, 1.165) is 11.3 Å². The number of hydrogen-bond acceptors (Lipinski definition) is 3. The second-order valence-electron chi connectivity index (χ2n) is 4.88. The lowest BCUT2D eigenvalue weighted by atomic mass is 10.0. The van der Waals surface area contributed by atoms with Gasteiger partial charge in [-0.15, -0.1) is 0 Å². The Bertz CT molecular complexity index is 621. The van der Waals surface area contributed by atoms with Crippen molar-refractivity contribution in [3.8, 4) is 5.75 Å². The zero-order valence-electron chi connectivity index (χ0n) is 12.8. The van der Waals surface area contributed by atoms with E-state index in [9.17, 15) is 4.79 Å². The average molecular weight is 296 g/mol. The molecule has 0 saturated carbocycles. The first-order valence-electron chi connectivity index (χ1n) is 7.32. The van der Waals surface area contributed by atoms with Gasteiger partial charge in [0.1, 0.15) is 5.75 Å². The van der Waals surface area contributed by atoms with Gasteiger partial charge in [0.05, 0.1) is 6.61 Å². The summed E-state index contributed by atoms with van der Waals surface area (Å²) in [5, 5.41) is 4.03. The fourth-order valence-electron chi connectivity index (χ4n) is 1.98. The number of carbonyl (C=O) groups excluding carboxylic acids is 1. The normalized spacial score (nSPS) is 12.1. The first-order chi connectivity index (χ1) is 10.7. The summed E-state index contributed by atoms with van der Waals surface area (Å²) in [4.78, 5) is 12.0. The van der Waals surface area contributed by atoms with Crippen molar-refractivity contribution < 1.29 is 9.53 Å². The fraction of sp³-hybridized carbons (Fsp3) is 0.222. The van der Waals surface area contributed by atoms with E-state index in [1.165, 1.54) is 0 Å². The Balaban J connectivity index is 1.90. The Kier molecular flexibility index (Phi) is 5.72. The Morgan fingerprint density at radius 2 is 1.86 bits per heavy atom. The molecule has 2 aromatic carbocycles. The lowest BCUT2D eigenvalue weighted by Gasteiger charge is -2.06. The molecule has 0 fully saturated rings. The average Bonchev–Trinajstić information content (AvgIpc) is 2.56. The van der Waals surface area contributed by atoms with Crippen LogP contribution in [0.25, 0.3) is 0 Å². The molecule has 0 aliphatic rings. The summed E-state index contributed by atoms with van der Waals surface area (Å²) in [5.41, 5.74) is 4.24. The van der Waals surface area contributed by atoms with E-state index < -0.39 is 0 Å². The molecule has 1 amide bonds. The number of benzene rings is 2. The molecule has 22 heavy (non-hydrogen) atoms. The molecule has 1 unspecified atom stereocenters. The van der Waals surface area contributed by atoms with Gasteiger partial charge in [-0.2, -0.15) is 5.10 Å². The van der Waals surface area contributed by atoms with E-state index in [2.05, 4.69) is 10.5 Å². The predicted molar refractivity (Wildman–Crippen MR) is 88.4 cm³/mol. The molecule has 0 aromatic heterocycles. The van der Waals surface area contributed by atoms with E-state index in [1.54, 1.807) is 30.5 Å². The van der Waals surface area contributed by atoms with Crippen LogP contribution < -0.4 is 10.2 Å². The maximum absolute atomic E-state index is 12.0. The van der Waals surface area contributed by atoms with E-state index in [1.807, 2.05) is 44.2 Å². The molecule has 0 bridgehead atoms. The Morgan fingerprint density at radius 3 is 2.50 bits per heavy atom. The lowest BCUT2D eigenvalue weighted by Crippen LogP contribution is -2.18. The Hall–Kier alpha value is -2.62. The molecule has 0 radical (unpaired) electrons. The van der Waals surface area contributed by atoms with Gasteiger partial charge in [0, 0.05) is 17.7 Å². The maximum Gasteiger partial charge on any atom is 0.271 e. The zero-order chi connectivity index (χ0) is 15.8. The van der Waals surface area contributed by atoms with Crippen molar-refractivity contribution in [3.63, 3.8) is 0 Å². The Labute approximate surface area is 130 Å². The molecule has 4 heteroatoms. The number of hydrazone groups is 1. The molecular formula is C18H20N2O2. The summed E-state index contributed by atoms with van der Waals surface area (Å²) in [6.07, 6.45) is 1.72. The third-order valence-corrected chi connectivity index (χ3v) is 3.22. The number of nitrogens with one attached hydrogen (secondary N) is 1. The van der Waals surface area contributed by atoms with Crippen molar-refractivity contribution in [2.75, 3.05) is 6.61 Å². The highest BCUT2D eigenvalue weighted by Crippen LogP contribution is 2.13. The molecule has 0 aliphatic heterocycles. The van der Waals surface area contributed by atoms with Crippen LogP contribution in [0.5, 0.6) is 5.75 Å². The van der Waals surface area contributed by atoms with Crippen molar-refractivity contribution in [3.05, 3.63) is 65.7 Å². The molecule has 0 saturated heterocycles. The van der Waals surface area contributed by atoms with E-state index in [4.69, 9.17) is 4.74 Å². The number of rotatable bonds is 6. The summed E-state index contributed by atoms with van der Waals surface area (Å²) >= 11 is 0. The Morgan fingerprint density at radius 1 is 1.18 bits per heavy atom. The lowest BCUT2D eigenvalue weighted by molar-refractivity contribution is 0.0955.